The van der Waals surface area contributed by atoms with Gasteiger partial charge in [-0.05, 0) is 32.3 Å². The monoisotopic (exact) mass is 342 g/mol. The van der Waals surface area contributed by atoms with E-state index in [0.29, 0.717) is 11.3 Å². The molecule has 4 rings (SSSR count). The Kier molecular flexibility index (Phi) is 3.93. The fraction of sp³-hybridized carbons (Fsp3) is 0.353. The van der Waals surface area contributed by atoms with Gasteiger partial charge in [0.1, 0.15) is 12.0 Å². The van der Waals surface area contributed by atoms with Crippen molar-refractivity contribution in [3.05, 3.63) is 47.0 Å². The van der Waals surface area contributed by atoms with Crippen LogP contribution in [-0.2, 0) is 0 Å². The van der Waals surface area contributed by atoms with Crippen LogP contribution in [0.25, 0.3) is 11.5 Å². The van der Waals surface area contributed by atoms with Crippen molar-refractivity contribution in [1.29, 1.82) is 0 Å². The second-order valence-corrected chi connectivity index (χ2v) is 7.10. The van der Waals surface area contributed by atoms with E-state index in [1.807, 2.05) is 24.8 Å². The molecule has 2 atom stereocenters. The number of carbonyl (C=O) groups is 1. The molecule has 3 heterocycles. The first-order valence-electron chi connectivity index (χ1n) is 8.00. The van der Waals surface area contributed by atoms with Crippen molar-refractivity contribution in [3.63, 3.8) is 0 Å². The maximum atomic E-state index is 12.6. The summed E-state index contributed by atoms with van der Waals surface area (Å²) in [4.78, 5) is 21.0. The first-order chi connectivity index (χ1) is 11.7. The fourth-order valence-corrected chi connectivity index (χ4v) is 3.85. The van der Waals surface area contributed by atoms with E-state index in [9.17, 15) is 4.79 Å². The van der Waals surface area contributed by atoms with Crippen LogP contribution in [-0.4, -0.2) is 26.5 Å². The third-order valence-electron chi connectivity index (χ3n) is 4.44. The van der Waals surface area contributed by atoms with Gasteiger partial charge in [-0.25, -0.2) is 9.97 Å². The van der Waals surface area contributed by atoms with Crippen molar-refractivity contribution >= 4 is 17.2 Å². The molecule has 1 saturated carbocycles. The number of hydrogen-bond donors (Lipinski definition) is 1. The summed E-state index contributed by atoms with van der Waals surface area (Å²) < 4.78 is 7.60. The molecule has 1 fully saturated rings. The van der Waals surface area contributed by atoms with Crippen molar-refractivity contribution in [2.45, 2.75) is 38.3 Å². The number of carbonyl (C=O) groups excluding carboxylic acids is 1. The summed E-state index contributed by atoms with van der Waals surface area (Å²) in [5.74, 6) is 0.524. The zero-order valence-corrected chi connectivity index (χ0v) is 14.1. The highest BCUT2D eigenvalue weighted by Crippen LogP contribution is 2.30. The lowest BCUT2D eigenvalue weighted by Gasteiger charge is -2.21. The predicted octanol–water partition coefficient (Wildman–Crippen LogP) is 3.43. The van der Waals surface area contributed by atoms with Crippen LogP contribution in [0, 0.1) is 6.92 Å². The van der Waals surface area contributed by atoms with Gasteiger partial charge in [0.25, 0.3) is 5.91 Å². The van der Waals surface area contributed by atoms with Gasteiger partial charge in [0.2, 0.25) is 0 Å². The van der Waals surface area contributed by atoms with Gasteiger partial charge in [-0.3, -0.25) is 4.79 Å². The second-order valence-electron chi connectivity index (χ2n) is 6.04. The Morgan fingerprint density at radius 3 is 3.12 bits per heavy atom. The quantitative estimate of drug-likeness (QED) is 0.788. The SMILES string of the molecule is Cc1nc(-c2cc(C(=O)N[C@H]3CCC[C@@H]3n3ccnc3)co2)cs1. The summed E-state index contributed by atoms with van der Waals surface area (Å²) in [6, 6.07) is 2.14. The van der Waals surface area contributed by atoms with Crippen molar-refractivity contribution in [2.24, 2.45) is 0 Å². The highest BCUT2D eigenvalue weighted by Gasteiger charge is 2.30. The summed E-state index contributed by atoms with van der Waals surface area (Å²) in [5, 5.41) is 6.04. The number of rotatable bonds is 4. The lowest BCUT2D eigenvalue weighted by atomic mass is 10.1. The Morgan fingerprint density at radius 2 is 2.38 bits per heavy atom. The minimum absolute atomic E-state index is 0.103. The minimum atomic E-state index is -0.103. The van der Waals surface area contributed by atoms with Crippen LogP contribution in [0.4, 0.5) is 0 Å². The molecule has 0 saturated heterocycles. The number of aromatic nitrogens is 3. The normalized spacial score (nSPS) is 20.4. The maximum absolute atomic E-state index is 12.6. The van der Waals surface area contributed by atoms with Crippen LogP contribution in [0.5, 0.6) is 0 Å². The number of nitrogens with one attached hydrogen (secondary N) is 1. The smallest absolute Gasteiger partial charge is 0.254 e. The van der Waals surface area contributed by atoms with E-state index >= 15 is 0 Å². The van der Waals surface area contributed by atoms with Gasteiger partial charge >= 0.3 is 0 Å². The van der Waals surface area contributed by atoms with Crippen LogP contribution in [0.3, 0.4) is 0 Å². The highest BCUT2D eigenvalue weighted by molar-refractivity contribution is 7.09. The molecule has 124 valence electrons. The summed E-state index contributed by atoms with van der Waals surface area (Å²) in [6.07, 6.45) is 10.2. The van der Waals surface area contributed by atoms with Crippen LogP contribution >= 0.6 is 11.3 Å². The zero-order chi connectivity index (χ0) is 16.5. The van der Waals surface area contributed by atoms with Crippen molar-refractivity contribution in [1.82, 2.24) is 19.9 Å². The third-order valence-corrected chi connectivity index (χ3v) is 5.21. The lowest BCUT2D eigenvalue weighted by Crippen LogP contribution is -2.37. The molecule has 1 aliphatic rings. The second kappa shape index (κ2) is 6.24. The molecule has 3 aromatic heterocycles. The van der Waals surface area contributed by atoms with Crippen LogP contribution in [0.1, 0.15) is 40.7 Å². The minimum Gasteiger partial charge on any atom is -0.462 e. The molecule has 1 aliphatic carbocycles. The zero-order valence-electron chi connectivity index (χ0n) is 13.3. The topological polar surface area (TPSA) is 73.0 Å². The summed E-state index contributed by atoms with van der Waals surface area (Å²) in [6.45, 7) is 1.95. The van der Waals surface area contributed by atoms with Crippen molar-refractivity contribution in [3.8, 4) is 11.5 Å². The molecule has 0 aromatic carbocycles. The molecular weight excluding hydrogens is 324 g/mol. The molecule has 0 aliphatic heterocycles. The largest absolute Gasteiger partial charge is 0.462 e. The van der Waals surface area contributed by atoms with E-state index < -0.39 is 0 Å². The molecule has 0 radical (unpaired) electrons. The van der Waals surface area contributed by atoms with Crippen LogP contribution in [0.2, 0.25) is 0 Å². The van der Waals surface area contributed by atoms with E-state index in [1.54, 1.807) is 23.6 Å². The van der Waals surface area contributed by atoms with Crippen LogP contribution < -0.4 is 5.32 Å². The van der Waals surface area contributed by atoms with Gasteiger partial charge in [0, 0.05) is 23.8 Å². The Balaban J connectivity index is 1.47. The fourth-order valence-electron chi connectivity index (χ4n) is 3.25. The number of furan rings is 1. The average Bonchev–Trinajstić information content (AvgIpc) is 3.34. The molecule has 3 aromatic rings. The lowest BCUT2D eigenvalue weighted by molar-refractivity contribution is 0.0928. The molecule has 6 nitrogen and oxygen atoms in total. The number of thiazole rings is 1. The third kappa shape index (κ3) is 2.87. The Morgan fingerprint density at radius 1 is 1.46 bits per heavy atom. The Bertz CT molecular complexity index is 837. The number of imidazole rings is 1. The Hall–Kier alpha value is -2.41. The molecule has 1 amide bonds. The molecule has 0 spiro atoms. The van der Waals surface area contributed by atoms with Gasteiger partial charge in [-0.15, -0.1) is 11.3 Å². The van der Waals surface area contributed by atoms with Crippen molar-refractivity contribution in [2.75, 3.05) is 0 Å². The van der Waals surface area contributed by atoms with E-state index in [0.717, 1.165) is 30.0 Å². The van der Waals surface area contributed by atoms with Gasteiger partial charge in [0.05, 0.1) is 22.9 Å². The Labute approximate surface area is 143 Å². The maximum Gasteiger partial charge on any atom is 0.254 e. The van der Waals surface area contributed by atoms with Gasteiger partial charge in [-0.2, -0.15) is 0 Å². The predicted molar refractivity (Wildman–Crippen MR) is 90.9 cm³/mol. The number of hydrogen-bond acceptors (Lipinski definition) is 5. The summed E-state index contributed by atoms with van der Waals surface area (Å²) >= 11 is 1.56. The standard InChI is InChI=1S/C17H18N4O2S/c1-11-19-14(9-24-11)16-7-12(8-23-16)17(22)20-13-3-2-4-15(13)21-6-5-18-10-21/h5-10,13,15H,2-4H2,1H3,(H,20,22)/t13-,15-/m0/s1. The first kappa shape index (κ1) is 15.1. The molecule has 0 unspecified atom stereocenters. The molecule has 0 bridgehead atoms. The summed E-state index contributed by atoms with van der Waals surface area (Å²) in [7, 11) is 0. The molecular formula is C17H18N4O2S. The van der Waals surface area contributed by atoms with Crippen LogP contribution in [0.15, 0.2) is 40.8 Å². The molecule has 7 heteroatoms. The first-order valence-corrected chi connectivity index (χ1v) is 8.88. The van der Waals surface area contributed by atoms with Gasteiger partial charge in [-0.1, -0.05) is 0 Å². The van der Waals surface area contributed by atoms with E-state index in [4.69, 9.17) is 4.42 Å². The molecule has 24 heavy (non-hydrogen) atoms. The average molecular weight is 342 g/mol. The summed E-state index contributed by atoms with van der Waals surface area (Å²) in [5.41, 5.74) is 1.31. The van der Waals surface area contributed by atoms with E-state index in [2.05, 4.69) is 19.9 Å². The highest BCUT2D eigenvalue weighted by atomic mass is 32.1. The van der Waals surface area contributed by atoms with Crippen molar-refractivity contribution < 1.29 is 9.21 Å². The van der Waals surface area contributed by atoms with E-state index in [-0.39, 0.29) is 18.0 Å². The number of amides is 1. The number of aryl methyl sites for hydroxylation is 1. The van der Waals surface area contributed by atoms with Gasteiger partial charge in [0.15, 0.2) is 5.76 Å². The number of nitrogens with zero attached hydrogens (tertiary/aromatic N) is 3. The molecule has 1 N–H and O–H groups in total. The van der Waals surface area contributed by atoms with E-state index in [1.165, 1.54) is 6.26 Å². The van der Waals surface area contributed by atoms with Gasteiger partial charge < -0.3 is 14.3 Å².